The predicted octanol–water partition coefficient (Wildman–Crippen LogP) is 2.58. The summed E-state index contributed by atoms with van der Waals surface area (Å²) in [6.45, 7) is 10.7. The van der Waals surface area contributed by atoms with Crippen LogP contribution in [0.5, 0.6) is 0 Å². The summed E-state index contributed by atoms with van der Waals surface area (Å²) < 4.78 is 4.79. The summed E-state index contributed by atoms with van der Waals surface area (Å²) in [6, 6.07) is 0. The number of rotatable bonds is 3. The fraction of sp³-hybridized carbons (Fsp3) is 0.500. The lowest BCUT2D eigenvalue weighted by Crippen LogP contribution is -2.21. The first-order chi connectivity index (χ1) is 4.48. The van der Waals surface area contributed by atoms with Crippen LogP contribution in [0.15, 0.2) is 24.1 Å². The van der Waals surface area contributed by atoms with Crippen molar-refractivity contribution in [3.8, 4) is 0 Å². The van der Waals surface area contributed by atoms with Crippen LogP contribution in [-0.2, 0) is 4.74 Å². The van der Waals surface area contributed by atoms with Crippen LogP contribution in [0, 0.1) is 0 Å². The quantitative estimate of drug-likeness (QED) is 0.347. The van der Waals surface area contributed by atoms with E-state index in [1.165, 1.54) is 5.20 Å². The van der Waals surface area contributed by atoms with E-state index in [-0.39, 0.29) is 0 Å². The van der Waals surface area contributed by atoms with Crippen molar-refractivity contribution in [1.29, 1.82) is 0 Å². The molecule has 0 aliphatic heterocycles. The number of allylic oxidation sites excluding steroid dienone is 2. The Hall–Kier alpha value is -0.503. The smallest absolute Gasteiger partial charge is 0.0823 e. The second-order valence-electron chi connectivity index (χ2n) is 3.31. The zero-order valence-electron chi connectivity index (χ0n) is 7.27. The van der Waals surface area contributed by atoms with Gasteiger partial charge in [0.15, 0.2) is 0 Å². The van der Waals surface area contributed by atoms with Gasteiger partial charge in [-0.1, -0.05) is 31.4 Å². The summed E-state index contributed by atoms with van der Waals surface area (Å²) >= 11 is 0. The summed E-state index contributed by atoms with van der Waals surface area (Å²) in [5.74, 6) is 0. The van der Waals surface area contributed by atoms with Gasteiger partial charge >= 0.3 is 0 Å². The standard InChI is InChI=1S/C8H16OSi/c1-8(6-7-9-2)10(3,4)5/h6-7H,1H2,2-5H3/b7-6+. The second kappa shape index (κ2) is 3.61. The molecule has 0 heterocycles. The zero-order valence-corrected chi connectivity index (χ0v) is 8.27. The minimum atomic E-state index is -1.16. The fourth-order valence-corrected chi connectivity index (χ4v) is 0.968. The first kappa shape index (κ1) is 9.50. The average Bonchev–Trinajstić information content (AvgIpc) is 1.80. The Morgan fingerprint density at radius 2 is 1.90 bits per heavy atom. The molecule has 0 saturated carbocycles. The van der Waals surface area contributed by atoms with Gasteiger partial charge < -0.3 is 4.74 Å². The molecule has 0 fully saturated rings. The number of hydrogen-bond donors (Lipinski definition) is 0. The van der Waals surface area contributed by atoms with Gasteiger partial charge in [-0.3, -0.25) is 0 Å². The molecule has 0 aromatic carbocycles. The van der Waals surface area contributed by atoms with Crippen molar-refractivity contribution in [1.82, 2.24) is 0 Å². The molecule has 0 aliphatic rings. The largest absolute Gasteiger partial charge is 0.504 e. The van der Waals surface area contributed by atoms with Crippen LogP contribution in [0.25, 0.3) is 0 Å². The Morgan fingerprint density at radius 3 is 2.20 bits per heavy atom. The lowest BCUT2D eigenvalue weighted by atomic mass is 10.6. The average molecular weight is 156 g/mol. The van der Waals surface area contributed by atoms with E-state index in [0.717, 1.165) is 0 Å². The Labute approximate surface area is 64.4 Å². The summed E-state index contributed by atoms with van der Waals surface area (Å²) in [5.41, 5.74) is 0. The molecule has 0 atom stereocenters. The molecule has 0 radical (unpaired) electrons. The monoisotopic (exact) mass is 156 g/mol. The Balaban J connectivity index is 3.98. The van der Waals surface area contributed by atoms with Crippen LogP contribution in [-0.4, -0.2) is 15.2 Å². The number of ether oxygens (including phenoxy) is 1. The first-order valence-corrected chi connectivity index (χ1v) is 6.87. The molecule has 0 unspecified atom stereocenters. The Morgan fingerprint density at radius 1 is 1.40 bits per heavy atom. The van der Waals surface area contributed by atoms with E-state index in [9.17, 15) is 0 Å². The third-order valence-corrected chi connectivity index (χ3v) is 3.46. The molecular weight excluding hydrogens is 140 g/mol. The number of hydrogen-bond acceptors (Lipinski definition) is 1. The molecule has 0 aliphatic carbocycles. The maximum Gasteiger partial charge on any atom is 0.0823 e. The van der Waals surface area contributed by atoms with E-state index in [1.807, 2.05) is 6.08 Å². The summed E-state index contributed by atoms with van der Waals surface area (Å²) in [4.78, 5) is 0. The van der Waals surface area contributed by atoms with E-state index >= 15 is 0 Å². The lowest BCUT2D eigenvalue weighted by Gasteiger charge is -2.15. The molecule has 0 aromatic rings. The fourth-order valence-electron chi connectivity index (χ4n) is 0.400. The van der Waals surface area contributed by atoms with Crippen LogP contribution in [0.1, 0.15) is 0 Å². The first-order valence-electron chi connectivity index (χ1n) is 3.37. The molecular formula is C8H16OSi. The molecule has 0 saturated heterocycles. The van der Waals surface area contributed by atoms with Crippen LogP contribution in [0.3, 0.4) is 0 Å². The van der Waals surface area contributed by atoms with E-state index < -0.39 is 8.07 Å². The highest BCUT2D eigenvalue weighted by molar-refractivity contribution is 6.83. The third kappa shape index (κ3) is 3.51. The van der Waals surface area contributed by atoms with Crippen molar-refractivity contribution >= 4 is 8.07 Å². The minimum Gasteiger partial charge on any atom is -0.504 e. The molecule has 0 N–H and O–H groups in total. The topological polar surface area (TPSA) is 9.23 Å². The van der Waals surface area contributed by atoms with Crippen molar-refractivity contribution < 1.29 is 4.74 Å². The van der Waals surface area contributed by atoms with Gasteiger partial charge in [-0.25, -0.2) is 0 Å². The minimum absolute atomic E-state index is 1.16. The summed E-state index contributed by atoms with van der Waals surface area (Å²) in [7, 11) is 0.488. The molecule has 58 valence electrons. The van der Waals surface area contributed by atoms with Gasteiger partial charge in [0.25, 0.3) is 0 Å². The SMILES string of the molecule is C=C(/C=C/OC)[Si](C)(C)C. The normalized spacial score (nSPS) is 12.0. The summed E-state index contributed by atoms with van der Waals surface area (Å²) in [6.07, 6.45) is 3.63. The molecule has 1 nitrogen and oxygen atoms in total. The van der Waals surface area contributed by atoms with E-state index in [1.54, 1.807) is 13.4 Å². The molecule has 2 heteroatoms. The van der Waals surface area contributed by atoms with Gasteiger partial charge in [0.2, 0.25) is 0 Å². The van der Waals surface area contributed by atoms with Crippen molar-refractivity contribution in [2.45, 2.75) is 19.6 Å². The Bertz CT molecular complexity index is 142. The van der Waals surface area contributed by atoms with Gasteiger partial charge in [-0.05, 0) is 6.08 Å². The predicted molar refractivity (Wildman–Crippen MR) is 48.6 cm³/mol. The van der Waals surface area contributed by atoms with E-state index in [4.69, 9.17) is 4.74 Å². The van der Waals surface area contributed by atoms with Gasteiger partial charge in [0.1, 0.15) is 0 Å². The van der Waals surface area contributed by atoms with Crippen LogP contribution < -0.4 is 0 Å². The highest BCUT2D eigenvalue weighted by atomic mass is 28.3. The molecule has 10 heavy (non-hydrogen) atoms. The van der Waals surface area contributed by atoms with Gasteiger partial charge in [-0.2, -0.15) is 0 Å². The second-order valence-corrected chi connectivity index (χ2v) is 8.46. The highest BCUT2D eigenvalue weighted by Crippen LogP contribution is 2.12. The van der Waals surface area contributed by atoms with Crippen molar-refractivity contribution in [2.75, 3.05) is 7.11 Å². The number of methoxy groups -OCH3 is 1. The van der Waals surface area contributed by atoms with Crippen molar-refractivity contribution in [3.05, 3.63) is 24.1 Å². The van der Waals surface area contributed by atoms with Gasteiger partial charge in [0, 0.05) is 0 Å². The van der Waals surface area contributed by atoms with Crippen LogP contribution >= 0.6 is 0 Å². The highest BCUT2D eigenvalue weighted by Gasteiger charge is 2.14. The van der Waals surface area contributed by atoms with Crippen LogP contribution in [0.4, 0.5) is 0 Å². The third-order valence-electron chi connectivity index (χ3n) is 1.37. The maximum absolute atomic E-state index is 4.79. The summed E-state index contributed by atoms with van der Waals surface area (Å²) in [5, 5.41) is 1.22. The molecule has 0 bridgehead atoms. The zero-order chi connectivity index (χ0) is 8.20. The molecule has 0 aromatic heterocycles. The van der Waals surface area contributed by atoms with Gasteiger partial charge in [-0.15, -0.1) is 0 Å². The van der Waals surface area contributed by atoms with Crippen LogP contribution in [0.2, 0.25) is 19.6 Å². The molecule has 0 rings (SSSR count). The van der Waals surface area contributed by atoms with Crippen molar-refractivity contribution in [2.24, 2.45) is 0 Å². The van der Waals surface area contributed by atoms with Gasteiger partial charge in [0.05, 0.1) is 21.4 Å². The van der Waals surface area contributed by atoms with Crippen molar-refractivity contribution in [3.63, 3.8) is 0 Å². The lowest BCUT2D eigenvalue weighted by molar-refractivity contribution is 0.338. The Kier molecular flexibility index (Phi) is 3.43. The maximum atomic E-state index is 4.79. The molecule has 0 spiro atoms. The van der Waals surface area contributed by atoms with E-state index in [2.05, 4.69) is 26.2 Å². The molecule has 0 amide bonds. The van der Waals surface area contributed by atoms with E-state index in [0.29, 0.717) is 0 Å².